The Balaban J connectivity index is 2.00. The first-order chi connectivity index (χ1) is 12.3. The highest BCUT2D eigenvalue weighted by molar-refractivity contribution is 7.15. The van der Waals surface area contributed by atoms with Crippen LogP contribution >= 0.6 is 11.3 Å². The normalized spacial score (nSPS) is 11.5. The van der Waals surface area contributed by atoms with Gasteiger partial charge in [-0.05, 0) is 73.9 Å². The zero-order valence-corrected chi connectivity index (χ0v) is 17.1. The van der Waals surface area contributed by atoms with Gasteiger partial charge in [0, 0.05) is 10.4 Å². The number of benzene rings is 1. The molecule has 0 aliphatic rings. The van der Waals surface area contributed by atoms with Gasteiger partial charge >= 0.3 is 0 Å². The third kappa shape index (κ3) is 3.40. The van der Waals surface area contributed by atoms with Crippen molar-refractivity contribution in [2.75, 3.05) is 0 Å². The largest absolute Gasteiger partial charge is 0.507 e. The first-order valence-electron chi connectivity index (χ1n) is 9.07. The lowest BCUT2D eigenvalue weighted by molar-refractivity contribution is 0.433. The van der Waals surface area contributed by atoms with Crippen molar-refractivity contribution in [3.05, 3.63) is 39.3 Å². The van der Waals surface area contributed by atoms with E-state index in [1.54, 1.807) is 11.3 Å². The molecule has 0 spiro atoms. The second-order valence-electron chi connectivity index (χ2n) is 7.27. The highest BCUT2D eigenvalue weighted by atomic mass is 32.1. The Kier molecular flexibility index (Phi) is 5.19. The summed E-state index contributed by atoms with van der Waals surface area (Å²) < 4.78 is 5.59. The van der Waals surface area contributed by atoms with Gasteiger partial charge in [0.1, 0.15) is 5.75 Å². The van der Waals surface area contributed by atoms with Crippen LogP contribution in [0.25, 0.3) is 22.2 Å². The minimum atomic E-state index is 0.350. The standard InChI is InChI=1S/C21H26N2O2S/c1-7-15-10-16(9-12(4)18(15)24)20-22-21(25-23-20)19-13(5)17(8-11(2)3)14(6)26-19/h9-11,24H,7-8H2,1-6H3. The molecule has 0 aliphatic heterocycles. The molecule has 1 aromatic carbocycles. The van der Waals surface area contributed by atoms with Gasteiger partial charge < -0.3 is 9.63 Å². The number of rotatable bonds is 5. The molecule has 0 bridgehead atoms. The summed E-state index contributed by atoms with van der Waals surface area (Å²) in [4.78, 5) is 7.02. The van der Waals surface area contributed by atoms with Gasteiger partial charge in [-0.2, -0.15) is 4.98 Å². The fourth-order valence-corrected chi connectivity index (χ4v) is 4.40. The minimum Gasteiger partial charge on any atom is -0.507 e. The Labute approximate surface area is 158 Å². The van der Waals surface area contributed by atoms with Crippen molar-refractivity contribution in [2.24, 2.45) is 5.92 Å². The van der Waals surface area contributed by atoms with Crippen LogP contribution in [0, 0.1) is 26.7 Å². The fourth-order valence-electron chi connectivity index (χ4n) is 3.29. The van der Waals surface area contributed by atoms with E-state index in [-0.39, 0.29) is 0 Å². The van der Waals surface area contributed by atoms with Gasteiger partial charge in [0.2, 0.25) is 5.82 Å². The summed E-state index contributed by atoms with van der Waals surface area (Å²) in [5.41, 5.74) is 5.24. The quantitative estimate of drug-likeness (QED) is 0.611. The number of thiophene rings is 1. The topological polar surface area (TPSA) is 59.2 Å². The number of aromatic hydroxyl groups is 1. The average Bonchev–Trinajstić information content (AvgIpc) is 3.17. The number of nitrogens with zero attached hydrogens (tertiary/aromatic N) is 2. The van der Waals surface area contributed by atoms with Crippen molar-refractivity contribution in [3.8, 4) is 27.9 Å². The van der Waals surface area contributed by atoms with E-state index in [0.29, 0.717) is 23.4 Å². The number of aryl methyl sites for hydroxylation is 3. The van der Waals surface area contributed by atoms with Gasteiger partial charge in [-0.25, -0.2) is 0 Å². The van der Waals surface area contributed by atoms with E-state index in [1.165, 1.54) is 16.0 Å². The van der Waals surface area contributed by atoms with E-state index in [2.05, 4.69) is 37.8 Å². The van der Waals surface area contributed by atoms with Gasteiger partial charge in [0.25, 0.3) is 5.89 Å². The summed E-state index contributed by atoms with van der Waals surface area (Å²) in [7, 11) is 0. The lowest BCUT2D eigenvalue weighted by atomic mass is 9.99. The monoisotopic (exact) mass is 370 g/mol. The Morgan fingerprint density at radius 3 is 2.58 bits per heavy atom. The van der Waals surface area contributed by atoms with Gasteiger partial charge in [0.05, 0.1) is 4.88 Å². The molecule has 3 aromatic rings. The minimum absolute atomic E-state index is 0.350. The molecular weight excluding hydrogens is 344 g/mol. The van der Waals surface area contributed by atoms with Crippen LogP contribution in [-0.2, 0) is 12.8 Å². The molecule has 2 aromatic heterocycles. The van der Waals surface area contributed by atoms with E-state index < -0.39 is 0 Å². The molecule has 138 valence electrons. The third-order valence-electron chi connectivity index (χ3n) is 4.72. The van der Waals surface area contributed by atoms with Crippen LogP contribution in [0.15, 0.2) is 16.7 Å². The Morgan fingerprint density at radius 1 is 1.19 bits per heavy atom. The van der Waals surface area contributed by atoms with E-state index in [0.717, 1.165) is 34.4 Å². The molecule has 0 saturated carbocycles. The van der Waals surface area contributed by atoms with Crippen molar-refractivity contribution in [3.63, 3.8) is 0 Å². The number of hydrogen-bond donors (Lipinski definition) is 1. The highest BCUT2D eigenvalue weighted by Gasteiger charge is 2.20. The lowest BCUT2D eigenvalue weighted by Crippen LogP contribution is -1.96. The molecule has 0 atom stereocenters. The molecule has 0 radical (unpaired) electrons. The summed E-state index contributed by atoms with van der Waals surface area (Å²) >= 11 is 1.72. The Morgan fingerprint density at radius 2 is 1.92 bits per heavy atom. The maximum absolute atomic E-state index is 10.1. The van der Waals surface area contributed by atoms with Crippen LogP contribution in [0.4, 0.5) is 0 Å². The maximum atomic E-state index is 10.1. The molecule has 0 aliphatic carbocycles. The summed E-state index contributed by atoms with van der Waals surface area (Å²) in [6, 6.07) is 3.84. The molecular formula is C21H26N2O2S. The van der Waals surface area contributed by atoms with Crippen molar-refractivity contribution < 1.29 is 9.63 Å². The van der Waals surface area contributed by atoms with Crippen molar-refractivity contribution in [2.45, 2.75) is 54.4 Å². The Hall–Kier alpha value is -2.14. The summed E-state index contributed by atoms with van der Waals surface area (Å²) in [5, 5.41) is 14.3. The second-order valence-corrected chi connectivity index (χ2v) is 8.49. The van der Waals surface area contributed by atoms with Gasteiger partial charge in [-0.1, -0.05) is 25.9 Å². The van der Waals surface area contributed by atoms with Crippen LogP contribution in [0.3, 0.4) is 0 Å². The predicted molar refractivity (Wildman–Crippen MR) is 107 cm³/mol. The number of phenols is 1. The lowest BCUT2D eigenvalue weighted by Gasteiger charge is -2.07. The van der Waals surface area contributed by atoms with E-state index in [4.69, 9.17) is 4.52 Å². The number of hydrogen-bond acceptors (Lipinski definition) is 5. The van der Waals surface area contributed by atoms with Crippen molar-refractivity contribution in [1.29, 1.82) is 0 Å². The molecule has 26 heavy (non-hydrogen) atoms. The molecule has 1 N–H and O–H groups in total. The van der Waals surface area contributed by atoms with E-state index >= 15 is 0 Å². The van der Waals surface area contributed by atoms with E-state index in [1.807, 2.05) is 26.0 Å². The second kappa shape index (κ2) is 7.23. The molecule has 4 nitrogen and oxygen atoms in total. The third-order valence-corrected chi connectivity index (χ3v) is 5.96. The molecule has 0 saturated heterocycles. The van der Waals surface area contributed by atoms with Crippen LogP contribution in [0.5, 0.6) is 5.75 Å². The van der Waals surface area contributed by atoms with Crippen LogP contribution < -0.4 is 0 Å². The Bertz CT molecular complexity index is 938. The van der Waals surface area contributed by atoms with Gasteiger partial charge in [-0.15, -0.1) is 11.3 Å². The highest BCUT2D eigenvalue weighted by Crippen LogP contribution is 2.37. The average molecular weight is 371 g/mol. The zero-order chi connectivity index (χ0) is 19.0. The predicted octanol–water partition coefficient (Wildman–Crippen LogP) is 5.86. The first kappa shape index (κ1) is 18.6. The fraction of sp³-hybridized carbons (Fsp3) is 0.429. The van der Waals surface area contributed by atoms with Gasteiger partial charge in [-0.3, -0.25) is 0 Å². The summed E-state index contributed by atoms with van der Waals surface area (Å²) in [6.45, 7) is 12.7. The smallest absolute Gasteiger partial charge is 0.268 e. The molecule has 0 fully saturated rings. The van der Waals surface area contributed by atoms with Crippen LogP contribution in [0.2, 0.25) is 0 Å². The van der Waals surface area contributed by atoms with Gasteiger partial charge in [0.15, 0.2) is 0 Å². The maximum Gasteiger partial charge on any atom is 0.268 e. The first-order valence-corrected chi connectivity index (χ1v) is 9.89. The molecule has 0 amide bonds. The number of aromatic nitrogens is 2. The SMILES string of the molecule is CCc1cc(-c2noc(-c3sc(C)c(CC(C)C)c3C)n2)cc(C)c1O. The summed E-state index contributed by atoms with van der Waals surface area (Å²) in [6.07, 6.45) is 1.82. The number of phenolic OH excluding ortho intramolecular Hbond substituents is 1. The van der Waals surface area contributed by atoms with Crippen molar-refractivity contribution in [1.82, 2.24) is 10.1 Å². The molecule has 2 heterocycles. The zero-order valence-electron chi connectivity index (χ0n) is 16.3. The van der Waals surface area contributed by atoms with Crippen molar-refractivity contribution >= 4 is 11.3 Å². The van der Waals surface area contributed by atoms with E-state index in [9.17, 15) is 5.11 Å². The van der Waals surface area contributed by atoms with Crippen LogP contribution in [0.1, 0.15) is 47.9 Å². The molecule has 0 unspecified atom stereocenters. The summed E-state index contributed by atoms with van der Waals surface area (Å²) in [5.74, 6) is 2.10. The van der Waals surface area contributed by atoms with Crippen LogP contribution in [-0.4, -0.2) is 15.2 Å². The molecule has 5 heteroatoms. The molecule has 3 rings (SSSR count).